The Morgan fingerprint density at radius 2 is 1.67 bits per heavy atom. The van der Waals surface area contributed by atoms with E-state index in [0.717, 1.165) is 32.8 Å². The second kappa shape index (κ2) is 15.7. The molecule has 0 bridgehead atoms. The molecule has 1 saturated heterocycles. The lowest BCUT2D eigenvalue weighted by Gasteiger charge is -2.37. The van der Waals surface area contributed by atoms with Crippen molar-refractivity contribution < 1.29 is 9.53 Å². The van der Waals surface area contributed by atoms with Gasteiger partial charge in [-0.2, -0.15) is 0 Å². The summed E-state index contributed by atoms with van der Waals surface area (Å²) < 4.78 is 5.16. The van der Waals surface area contributed by atoms with Crippen LogP contribution in [0.5, 0.6) is 0 Å². The predicted octanol–water partition coefficient (Wildman–Crippen LogP) is 1.83. The quantitative estimate of drug-likeness (QED) is 0.813. The zero-order chi connectivity index (χ0) is 16.7. The highest BCUT2D eigenvalue weighted by atomic mass is 16.5. The van der Waals surface area contributed by atoms with Crippen molar-refractivity contribution in [1.29, 1.82) is 0 Å². The molecule has 1 N–H and O–H groups in total. The van der Waals surface area contributed by atoms with Crippen molar-refractivity contribution in [1.82, 2.24) is 15.1 Å². The lowest BCUT2D eigenvalue weighted by molar-refractivity contribution is -0.122. The fourth-order valence-electron chi connectivity index (χ4n) is 2.17. The highest BCUT2D eigenvalue weighted by Crippen LogP contribution is 2.06. The molecule has 1 amide bonds. The third-order valence-corrected chi connectivity index (χ3v) is 3.18. The van der Waals surface area contributed by atoms with Crippen LogP contribution in [-0.4, -0.2) is 74.7 Å². The van der Waals surface area contributed by atoms with E-state index in [1.807, 2.05) is 34.6 Å². The number of amides is 1. The summed E-state index contributed by atoms with van der Waals surface area (Å²) in [5, 5.41) is 2.83. The van der Waals surface area contributed by atoms with Gasteiger partial charge in [0.1, 0.15) is 0 Å². The fourth-order valence-corrected chi connectivity index (χ4v) is 2.17. The summed E-state index contributed by atoms with van der Waals surface area (Å²) in [5.41, 5.74) is 0. The van der Waals surface area contributed by atoms with Crippen LogP contribution in [-0.2, 0) is 9.53 Å². The number of carbonyl (C=O) groups excluding carboxylic acids is 1. The van der Waals surface area contributed by atoms with Crippen molar-refractivity contribution in [3.8, 4) is 0 Å². The van der Waals surface area contributed by atoms with E-state index in [9.17, 15) is 4.79 Å². The van der Waals surface area contributed by atoms with Crippen LogP contribution in [0.1, 0.15) is 41.5 Å². The monoisotopic (exact) mass is 303 g/mol. The lowest BCUT2D eigenvalue weighted by atomic mass is 10.2. The molecule has 0 aromatic rings. The minimum absolute atomic E-state index is 0.130. The molecule has 0 spiro atoms. The third kappa shape index (κ3) is 10.7. The van der Waals surface area contributed by atoms with Gasteiger partial charge in [-0.25, -0.2) is 0 Å². The molecule has 1 rings (SSSR count). The maximum Gasteiger partial charge on any atom is 0.234 e. The molecule has 128 valence electrons. The molecule has 0 aliphatic carbocycles. The molecule has 0 aromatic heterocycles. The Bertz CT molecular complexity index is 230. The van der Waals surface area contributed by atoms with E-state index < -0.39 is 0 Å². The van der Waals surface area contributed by atoms with Gasteiger partial charge in [-0.15, -0.1) is 0 Å². The summed E-state index contributed by atoms with van der Waals surface area (Å²) in [6.45, 7) is 18.1. The topological polar surface area (TPSA) is 44.8 Å². The first-order valence-electron chi connectivity index (χ1n) is 8.39. The fraction of sp³-hybridized carbons (Fsp3) is 0.938. The molecule has 5 heteroatoms. The summed E-state index contributed by atoms with van der Waals surface area (Å²) in [7, 11) is 1.74. The second-order valence-corrected chi connectivity index (χ2v) is 4.57. The number of ether oxygens (including phenoxy) is 1. The third-order valence-electron chi connectivity index (χ3n) is 3.18. The average molecular weight is 303 g/mol. The Morgan fingerprint density at radius 3 is 2.10 bits per heavy atom. The number of nitrogens with one attached hydrogen (secondary N) is 1. The molecule has 1 unspecified atom stereocenters. The van der Waals surface area contributed by atoms with E-state index in [1.54, 1.807) is 7.11 Å². The van der Waals surface area contributed by atoms with Gasteiger partial charge >= 0.3 is 0 Å². The van der Waals surface area contributed by atoms with Crippen molar-refractivity contribution in [3.05, 3.63) is 0 Å². The smallest absolute Gasteiger partial charge is 0.234 e. The lowest BCUT2D eigenvalue weighted by Crippen LogP contribution is -2.52. The minimum atomic E-state index is 0.130. The number of hydrogen-bond donors (Lipinski definition) is 1. The number of likely N-dealkylation sites (N-methyl/N-ethyl adjacent to an activating group) is 1. The number of methoxy groups -OCH3 is 1. The van der Waals surface area contributed by atoms with Gasteiger partial charge in [0.15, 0.2) is 0 Å². The molecule has 5 nitrogen and oxygen atoms in total. The normalized spacial score (nSPS) is 16.9. The van der Waals surface area contributed by atoms with Crippen LogP contribution < -0.4 is 5.32 Å². The van der Waals surface area contributed by atoms with E-state index in [4.69, 9.17) is 4.74 Å². The molecule has 1 fully saturated rings. The van der Waals surface area contributed by atoms with Gasteiger partial charge in [-0.3, -0.25) is 14.6 Å². The van der Waals surface area contributed by atoms with Gasteiger partial charge in [0.25, 0.3) is 0 Å². The first-order valence-corrected chi connectivity index (χ1v) is 8.39. The van der Waals surface area contributed by atoms with Gasteiger partial charge in [0, 0.05) is 45.9 Å². The summed E-state index contributed by atoms with van der Waals surface area (Å²) >= 11 is 0. The maximum atomic E-state index is 11.4. The Labute approximate surface area is 132 Å². The largest absolute Gasteiger partial charge is 0.383 e. The summed E-state index contributed by atoms with van der Waals surface area (Å²) in [6, 6.07) is 0.464. The molecule has 0 aromatic carbocycles. The zero-order valence-corrected chi connectivity index (χ0v) is 15.2. The van der Waals surface area contributed by atoms with Crippen molar-refractivity contribution >= 4 is 5.91 Å². The molecule has 21 heavy (non-hydrogen) atoms. The number of nitrogens with zero attached hydrogens (tertiary/aromatic N) is 2. The van der Waals surface area contributed by atoms with Crippen LogP contribution in [0.4, 0.5) is 0 Å². The Morgan fingerprint density at radius 1 is 1.14 bits per heavy atom. The zero-order valence-electron chi connectivity index (χ0n) is 15.2. The molecule has 0 saturated carbocycles. The van der Waals surface area contributed by atoms with Gasteiger partial charge in [-0.05, 0) is 13.8 Å². The standard InChI is InChI=1S/C12H25N3O2.2C2H6/c1-4-13-12(16)9-14-5-7-15(8-6-14)11(2)10-17-3;2*1-2/h11H,4-10H2,1-3H3,(H,13,16);2*1-2H3. The maximum absolute atomic E-state index is 11.4. The molecule has 1 atom stereocenters. The Kier molecular flexibility index (Phi) is 17.0. The van der Waals surface area contributed by atoms with E-state index >= 15 is 0 Å². The van der Waals surface area contributed by atoms with Crippen LogP contribution in [0.25, 0.3) is 0 Å². The Hall–Kier alpha value is -0.650. The molecular weight excluding hydrogens is 266 g/mol. The van der Waals surface area contributed by atoms with Crippen LogP contribution in [0.2, 0.25) is 0 Å². The van der Waals surface area contributed by atoms with E-state index in [0.29, 0.717) is 19.1 Å². The van der Waals surface area contributed by atoms with Crippen molar-refractivity contribution in [2.75, 3.05) is 53.0 Å². The average Bonchev–Trinajstić information content (AvgIpc) is 2.52. The number of hydrogen-bond acceptors (Lipinski definition) is 4. The van der Waals surface area contributed by atoms with Gasteiger partial charge < -0.3 is 10.1 Å². The van der Waals surface area contributed by atoms with Crippen molar-refractivity contribution in [2.24, 2.45) is 0 Å². The van der Waals surface area contributed by atoms with Crippen LogP contribution in [0.3, 0.4) is 0 Å². The summed E-state index contributed by atoms with van der Waals surface area (Å²) in [5.74, 6) is 0.130. The highest BCUT2D eigenvalue weighted by Gasteiger charge is 2.21. The first-order chi connectivity index (χ1) is 10.2. The number of piperazine rings is 1. The van der Waals surface area contributed by atoms with Gasteiger partial charge in [0.2, 0.25) is 5.91 Å². The molecule has 1 aliphatic rings. The van der Waals surface area contributed by atoms with E-state index in [-0.39, 0.29) is 5.91 Å². The first kappa shape index (κ1) is 22.6. The Balaban J connectivity index is 0. The minimum Gasteiger partial charge on any atom is -0.383 e. The van der Waals surface area contributed by atoms with Crippen LogP contribution >= 0.6 is 0 Å². The second-order valence-electron chi connectivity index (χ2n) is 4.57. The van der Waals surface area contributed by atoms with Crippen LogP contribution in [0.15, 0.2) is 0 Å². The van der Waals surface area contributed by atoms with Crippen molar-refractivity contribution in [3.63, 3.8) is 0 Å². The van der Waals surface area contributed by atoms with Crippen LogP contribution in [0, 0.1) is 0 Å². The molecule has 1 heterocycles. The molecule has 0 radical (unpaired) electrons. The highest BCUT2D eigenvalue weighted by molar-refractivity contribution is 5.77. The summed E-state index contributed by atoms with van der Waals surface area (Å²) in [6.07, 6.45) is 0. The molecule has 1 aliphatic heterocycles. The van der Waals surface area contributed by atoms with E-state index in [1.165, 1.54) is 0 Å². The SMILES string of the molecule is CC.CC.CCNC(=O)CN1CCN(C(C)COC)CC1. The van der Waals surface area contributed by atoms with Gasteiger partial charge in [0.05, 0.1) is 13.2 Å². The summed E-state index contributed by atoms with van der Waals surface area (Å²) in [4.78, 5) is 16.1. The number of rotatable bonds is 6. The van der Waals surface area contributed by atoms with Crippen molar-refractivity contribution in [2.45, 2.75) is 47.6 Å². The van der Waals surface area contributed by atoms with E-state index in [2.05, 4.69) is 22.0 Å². The van der Waals surface area contributed by atoms with Gasteiger partial charge in [-0.1, -0.05) is 27.7 Å². The predicted molar refractivity (Wildman–Crippen MR) is 90.7 cm³/mol. The number of carbonyl (C=O) groups is 1. The molecular formula is C16H37N3O2.